The molecule has 3 atom stereocenters. The Labute approximate surface area is 55.1 Å². The minimum atomic E-state index is -0.398. The van der Waals surface area contributed by atoms with Gasteiger partial charge in [0.15, 0.2) is 0 Å². The lowest BCUT2D eigenvalue weighted by atomic mass is 10.2. The SMILES string of the molecule is C/C=C\[C@@H](O)[C@H]1OC1C. The van der Waals surface area contributed by atoms with E-state index in [-0.39, 0.29) is 12.2 Å². The van der Waals surface area contributed by atoms with Crippen LogP contribution in [0.5, 0.6) is 0 Å². The summed E-state index contributed by atoms with van der Waals surface area (Å²) >= 11 is 0. The number of aliphatic hydroxyl groups excluding tert-OH is 1. The highest BCUT2D eigenvalue weighted by atomic mass is 16.6. The summed E-state index contributed by atoms with van der Waals surface area (Å²) in [7, 11) is 0. The molecule has 1 aliphatic rings. The molecule has 0 spiro atoms. The van der Waals surface area contributed by atoms with Gasteiger partial charge in [-0.15, -0.1) is 0 Å². The lowest BCUT2D eigenvalue weighted by Gasteiger charge is -1.96. The molecule has 0 bridgehead atoms. The van der Waals surface area contributed by atoms with Crippen LogP contribution in [0.15, 0.2) is 12.2 Å². The van der Waals surface area contributed by atoms with E-state index >= 15 is 0 Å². The van der Waals surface area contributed by atoms with E-state index in [1.165, 1.54) is 0 Å². The van der Waals surface area contributed by atoms with Crippen LogP contribution in [0.1, 0.15) is 13.8 Å². The lowest BCUT2D eigenvalue weighted by Crippen LogP contribution is -2.12. The second-order valence-electron chi connectivity index (χ2n) is 2.32. The van der Waals surface area contributed by atoms with Crippen LogP contribution in [-0.2, 0) is 4.74 Å². The van der Waals surface area contributed by atoms with Gasteiger partial charge in [0.05, 0.1) is 6.10 Å². The second-order valence-corrected chi connectivity index (χ2v) is 2.32. The maximum atomic E-state index is 9.15. The van der Waals surface area contributed by atoms with Gasteiger partial charge in [-0.3, -0.25) is 0 Å². The fraction of sp³-hybridized carbons (Fsp3) is 0.714. The van der Waals surface area contributed by atoms with Crippen LogP contribution in [0.3, 0.4) is 0 Å². The summed E-state index contributed by atoms with van der Waals surface area (Å²) in [5, 5.41) is 9.15. The van der Waals surface area contributed by atoms with Gasteiger partial charge >= 0.3 is 0 Å². The molecular formula is C7H12O2. The third-order valence-electron chi connectivity index (χ3n) is 1.48. The molecule has 0 aromatic heterocycles. The molecule has 2 nitrogen and oxygen atoms in total. The van der Waals surface area contributed by atoms with Crippen molar-refractivity contribution in [2.45, 2.75) is 32.2 Å². The Kier molecular flexibility index (Phi) is 1.88. The van der Waals surface area contributed by atoms with Crippen molar-refractivity contribution in [2.24, 2.45) is 0 Å². The zero-order chi connectivity index (χ0) is 6.85. The third kappa shape index (κ3) is 1.53. The van der Waals surface area contributed by atoms with Gasteiger partial charge in [-0.2, -0.15) is 0 Å². The summed E-state index contributed by atoms with van der Waals surface area (Å²) in [5.74, 6) is 0. The molecule has 1 unspecified atom stereocenters. The summed E-state index contributed by atoms with van der Waals surface area (Å²) in [6.07, 6.45) is 3.48. The number of hydrogen-bond acceptors (Lipinski definition) is 2. The van der Waals surface area contributed by atoms with Crippen LogP contribution in [0, 0.1) is 0 Å². The normalized spacial score (nSPS) is 37.2. The Morgan fingerprint density at radius 3 is 2.56 bits per heavy atom. The van der Waals surface area contributed by atoms with Gasteiger partial charge in [-0.05, 0) is 13.8 Å². The smallest absolute Gasteiger partial charge is 0.113 e. The highest BCUT2D eigenvalue weighted by molar-refractivity contribution is 4.98. The molecule has 0 aromatic carbocycles. The van der Waals surface area contributed by atoms with Crippen molar-refractivity contribution in [3.63, 3.8) is 0 Å². The number of allylic oxidation sites excluding steroid dienone is 1. The van der Waals surface area contributed by atoms with Gasteiger partial charge in [0, 0.05) is 0 Å². The molecule has 0 radical (unpaired) electrons. The first-order valence-corrected chi connectivity index (χ1v) is 3.22. The van der Waals surface area contributed by atoms with Crippen molar-refractivity contribution in [3.8, 4) is 0 Å². The van der Waals surface area contributed by atoms with E-state index in [2.05, 4.69) is 0 Å². The highest BCUT2D eigenvalue weighted by Gasteiger charge is 2.39. The lowest BCUT2D eigenvalue weighted by molar-refractivity contribution is 0.177. The Bertz CT molecular complexity index is 120. The summed E-state index contributed by atoms with van der Waals surface area (Å²) in [4.78, 5) is 0. The van der Waals surface area contributed by atoms with E-state index in [4.69, 9.17) is 9.84 Å². The van der Waals surface area contributed by atoms with Crippen molar-refractivity contribution in [2.75, 3.05) is 0 Å². The van der Waals surface area contributed by atoms with Gasteiger partial charge in [0.1, 0.15) is 12.2 Å². The van der Waals surface area contributed by atoms with Crippen molar-refractivity contribution >= 4 is 0 Å². The molecule has 0 amide bonds. The maximum absolute atomic E-state index is 9.15. The van der Waals surface area contributed by atoms with Crippen LogP contribution < -0.4 is 0 Å². The van der Waals surface area contributed by atoms with E-state index in [0.29, 0.717) is 0 Å². The minimum absolute atomic E-state index is 0.0567. The molecule has 1 N–H and O–H groups in total. The molecule has 1 aliphatic heterocycles. The molecule has 9 heavy (non-hydrogen) atoms. The standard InChI is InChI=1S/C7H12O2/c1-3-4-6(8)7-5(2)9-7/h3-8H,1-2H3/b4-3-/t5?,6-,7+/m1/s1. The molecule has 0 saturated carbocycles. The molecule has 0 aliphatic carbocycles. The third-order valence-corrected chi connectivity index (χ3v) is 1.48. The summed E-state index contributed by atoms with van der Waals surface area (Å²) < 4.78 is 5.03. The monoisotopic (exact) mass is 128 g/mol. The first-order valence-electron chi connectivity index (χ1n) is 3.22. The number of rotatable bonds is 2. The maximum Gasteiger partial charge on any atom is 0.113 e. The fourth-order valence-corrected chi connectivity index (χ4v) is 0.867. The van der Waals surface area contributed by atoms with Crippen LogP contribution in [0.2, 0.25) is 0 Å². The minimum Gasteiger partial charge on any atom is -0.386 e. The quantitative estimate of drug-likeness (QED) is 0.439. The molecule has 1 fully saturated rings. The number of ether oxygens (including phenoxy) is 1. The van der Waals surface area contributed by atoms with Crippen LogP contribution in [0.25, 0.3) is 0 Å². The highest BCUT2D eigenvalue weighted by Crippen LogP contribution is 2.24. The predicted octanol–water partition coefficient (Wildman–Crippen LogP) is 0.711. The summed E-state index contributed by atoms with van der Waals surface area (Å²) in [5.41, 5.74) is 0. The van der Waals surface area contributed by atoms with Crippen LogP contribution in [-0.4, -0.2) is 23.4 Å². The molecule has 1 rings (SSSR count). The Morgan fingerprint density at radius 2 is 2.22 bits per heavy atom. The van der Waals surface area contributed by atoms with Gasteiger partial charge in [-0.25, -0.2) is 0 Å². The van der Waals surface area contributed by atoms with Crippen LogP contribution >= 0.6 is 0 Å². The zero-order valence-electron chi connectivity index (χ0n) is 5.74. The molecule has 1 heterocycles. The Morgan fingerprint density at radius 1 is 1.67 bits per heavy atom. The fourth-order valence-electron chi connectivity index (χ4n) is 0.867. The zero-order valence-corrected chi connectivity index (χ0v) is 5.74. The average Bonchev–Trinajstić information content (AvgIpc) is 2.47. The predicted molar refractivity (Wildman–Crippen MR) is 35.2 cm³/mol. The topological polar surface area (TPSA) is 32.8 Å². The van der Waals surface area contributed by atoms with Crippen LogP contribution in [0.4, 0.5) is 0 Å². The number of epoxide rings is 1. The molecule has 52 valence electrons. The van der Waals surface area contributed by atoms with E-state index in [0.717, 1.165) is 0 Å². The number of hydrogen-bond donors (Lipinski definition) is 1. The van der Waals surface area contributed by atoms with Crippen molar-refractivity contribution in [1.82, 2.24) is 0 Å². The molecule has 2 heteroatoms. The first kappa shape index (κ1) is 6.78. The number of aliphatic hydroxyl groups is 1. The van der Waals surface area contributed by atoms with Gasteiger partial charge in [0.2, 0.25) is 0 Å². The largest absolute Gasteiger partial charge is 0.386 e. The molecule has 0 aromatic rings. The summed E-state index contributed by atoms with van der Waals surface area (Å²) in [6.45, 7) is 3.84. The van der Waals surface area contributed by atoms with E-state index in [9.17, 15) is 0 Å². The van der Waals surface area contributed by atoms with Crippen molar-refractivity contribution in [1.29, 1.82) is 0 Å². The second kappa shape index (κ2) is 2.50. The first-order chi connectivity index (χ1) is 4.25. The van der Waals surface area contributed by atoms with E-state index in [1.54, 1.807) is 6.08 Å². The van der Waals surface area contributed by atoms with E-state index in [1.807, 2.05) is 19.9 Å². The van der Waals surface area contributed by atoms with E-state index < -0.39 is 6.10 Å². The van der Waals surface area contributed by atoms with Gasteiger partial charge in [0.25, 0.3) is 0 Å². The average molecular weight is 128 g/mol. The van der Waals surface area contributed by atoms with Crippen molar-refractivity contribution in [3.05, 3.63) is 12.2 Å². The molecule has 1 saturated heterocycles. The molecular weight excluding hydrogens is 116 g/mol. The Balaban J connectivity index is 2.27. The van der Waals surface area contributed by atoms with Crippen molar-refractivity contribution < 1.29 is 9.84 Å². The van der Waals surface area contributed by atoms with Gasteiger partial charge in [-0.1, -0.05) is 12.2 Å². The Hall–Kier alpha value is -0.340. The van der Waals surface area contributed by atoms with Gasteiger partial charge < -0.3 is 9.84 Å². The summed E-state index contributed by atoms with van der Waals surface area (Å²) in [6, 6.07) is 0.